The zero-order valence-corrected chi connectivity index (χ0v) is 19.3. The maximum absolute atomic E-state index is 13.3. The zero-order valence-electron chi connectivity index (χ0n) is 19.3. The van der Waals surface area contributed by atoms with E-state index in [4.69, 9.17) is 4.98 Å². The summed E-state index contributed by atoms with van der Waals surface area (Å²) in [5, 5.41) is 0. The van der Waals surface area contributed by atoms with Gasteiger partial charge in [0, 0.05) is 58.1 Å². The Hall–Kier alpha value is -2.70. The topological polar surface area (TPSA) is 44.1 Å². The lowest BCUT2D eigenvalue weighted by Crippen LogP contribution is -2.51. The van der Waals surface area contributed by atoms with Gasteiger partial charge in [-0.25, -0.2) is 4.98 Å². The Bertz CT molecular complexity index is 1140. The Morgan fingerprint density at radius 3 is 2.48 bits per heavy atom. The minimum Gasteiger partial charge on any atom is -0.337 e. The highest BCUT2D eigenvalue weighted by Gasteiger charge is 2.30. The molecule has 0 N–H and O–H groups in total. The standard InChI is InChI=1S/C27H33N5O/c33-27(31-12-5-6-13-31)26-24(32-14-4-3-9-25(32)28-26)20-29-15-17-30(18-16-29)23-11-10-21-7-1-2-8-22(21)19-23/h1-4,7-9,14,23H,5-6,10-13,15-20H2/t23-/m1/s1. The third kappa shape index (κ3) is 4.06. The first-order valence-corrected chi connectivity index (χ1v) is 12.5. The predicted octanol–water partition coefficient (Wildman–Crippen LogP) is 3.25. The van der Waals surface area contributed by atoms with Gasteiger partial charge in [0.1, 0.15) is 5.65 Å². The summed E-state index contributed by atoms with van der Waals surface area (Å²) in [6.45, 7) is 6.76. The predicted molar refractivity (Wildman–Crippen MR) is 129 cm³/mol. The number of fused-ring (bicyclic) bond motifs is 2. The first-order valence-electron chi connectivity index (χ1n) is 12.5. The number of likely N-dealkylation sites (tertiary alicyclic amines) is 1. The lowest BCUT2D eigenvalue weighted by atomic mass is 9.87. The molecule has 1 aliphatic carbocycles. The summed E-state index contributed by atoms with van der Waals surface area (Å²) in [6, 6.07) is 15.6. The molecule has 0 bridgehead atoms. The van der Waals surface area contributed by atoms with E-state index in [0.29, 0.717) is 11.7 Å². The number of carbonyl (C=O) groups is 1. The Morgan fingerprint density at radius 2 is 1.67 bits per heavy atom. The van der Waals surface area contributed by atoms with E-state index in [9.17, 15) is 4.79 Å². The van der Waals surface area contributed by atoms with E-state index in [1.807, 2.05) is 29.3 Å². The van der Waals surface area contributed by atoms with Crippen LogP contribution in [0.15, 0.2) is 48.7 Å². The lowest BCUT2D eigenvalue weighted by molar-refractivity contribution is 0.0771. The van der Waals surface area contributed by atoms with Crippen molar-refractivity contribution in [2.75, 3.05) is 39.3 Å². The molecule has 2 aliphatic heterocycles. The fraction of sp³-hybridized carbons (Fsp3) is 0.481. The van der Waals surface area contributed by atoms with E-state index in [0.717, 1.165) is 70.0 Å². The molecule has 0 saturated carbocycles. The van der Waals surface area contributed by atoms with E-state index < -0.39 is 0 Å². The third-order valence-electron chi connectivity index (χ3n) is 7.84. The maximum atomic E-state index is 13.3. The Balaban J connectivity index is 1.15. The van der Waals surface area contributed by atoms with Crippen molar-refractivity contribution < 1.29 is 4.79 Å². The number of aryl methyl sites for hydroxylation is 1. The summed E-state index contributed by atoms with van der Waals surface area (Å²) in [5.74, 6) is 0.103. The average Bonchev–Trinajstić information content (AvgIpc) is 3.53. The summed E-state index contributed by atoms with van der Waals surface area (Å²) in [6.07, 6.45) is 7.89. The van der Waals surface area contributed by atoms with Gasteiger partial charge in [-0.2, -0.15) is 0 Å². The van der Waals surface area contributed by atoms with Gasteiger partial charge >= 0.3 is 0 Å². The van der Waals surface area contributed by atoms with Gasteiger partial charge in [0.15, 0.2) is 5.69 Å². The number of pyridine rings is 1. The number of imidazole rings is 1. The molecule has 2 saturated heterocycles. The summed E-state index contributed by atoms with van der Waals surface area (Å²) < 4.78 is 2.12. The van der Waals surface area contributed by atoms with Crippen LogP contribution < -0.4 is 0 Å². The number of carbonyl (C=O) groups excluding carboxylic acids is 1. The molecule has 3 aliphatic rings. The van der Waals surface area contributed by atoms with Gasteiger partial charge in [-0.05, 0) is 55.4 Å². The van der Waals surface area contributed by atoms with Gasteiger partial charge in [-0.3, -0.25) is 14.6 Å². The molecule has 0 radical (unpaired) electrons. The van der Waals surface area contributed by atoms with Crippen molar-refractivity contribution in [2.45, 2.75) is 44.7 Å². The van der Waals surface area contributed by atoms with Crippen molar-refractivity contribution in [3.8, 4) is 0 Å². The number of piperazine rings is 1. The molecule has 6 rings (SSSR count). The lowest BCUT2D eigenvalue weighted by Gasteiger charge is -2.41. The molecule has 172 valence electrons. The molecular formula is C27H33N5O. The van der Waals surface area contributed by atoms with Crippen molar-refractivity contribution in [3.63, 3.8) is 0 Å². The number of rotatable bonds is 4. The zero-order chi connectivity index (χ0) is 22.2. The van der Waals surface area contributed by atoms with Crippen molar-refractivity contribution in [1.29, 1.82) is 0 Å². The third-order valence-corrected chi connectivity index (χ3v) is 7.84. The van der Waals surface area contributed by atoms with Gasteiger partial charge in [-0.1, -0.05) is 30.3 Å². The summed E-state index contributed by atoms with van der Waals surface area (Å²) >= 11 is 0. The number of benzene rings is 1. The van der Waals surface area contributed by atoms with E-state index >= 15 is 0 Å². The molecule has 3 aromatic rings. The van der Waals surface area contributed by atoms with Crippen LogP contribution in [0.4, 0.5) is 0 Å². The second-order valence-electron chi connectivity index (χ2n) is 9.81. The summed E-state index contributed by atoms with van der Waals surface area (Å²) in [5.41, 5.74) is 5.63. The molecule has 6 heteroatoms. The van der Waals surface area contributed by atoms with Gasteiger partial charge in [0.25, 0.3) is 5.91 Å². The smallest absolute Gasteiger partial charge is 0.274 e. The molecule has 0 unspecified atom stereocenters. The number of hydrogen-bond acceptors (Lipinski definition) is 4. The van der Waals surface area contributed by atoms with Gasteiger partial charge in [0.05, 0.1) is 5.69 Å². The summed E-state index contributed by atoms with van der Waals surface area (Å²) in [4.78, 5) is 25.2. The number of hydrogen-bond donors (Lipinski definition) is 0. The number of amides is 1. The first kappa shape index (κ1) is 20.9. The molecule has 1 atom stereocenters. The Morgan fingerprint density at radius 1 is 0.909 bits per heavy atom. The van der Waals surface area contributed by atoms with E-state index in [2.05, 4.69) is 38.5 Å². The Labute approximate surface area is 195 Å². The van der Waals surface area contributed by atoms with Crippen LogP contribution >= 0.6 is 0 Å². The van der Waals surface area contributed by atoms with Crippen molar-refractivity contribution >= 4 is 11.6 Å². The minimum absolute atomic E-state index is 0.103. The van der Waals surface area contributed by atoms with Gasteiger partial charge in [0.2, 0.25) is 0 Å². The molecule has 2 aromatic heterocycles. The van der Waals surface area contributed by atoms with Crippen LogP contribution in [-0.2, 0) is 19.4 Å². The van der Waals surface area contributed by atoms with Gasteiger partial charge in [-0.15, -0.1) is 0 Å². The van der Waals surface area contributed by atoms with Crippen LogP contribution in [0.25, 0.3) is 5.65 Å². The second kappa shape index (κ2) is 8.92. The van der Waals surface area contributed by atoms with E-state index in [-0.39, 0.29) is 5.91 Å². The largest absolute Gasteiger partial charge is 0.337 e. The Kier molecular flexibility index (Phi) is 5.64. The average molecular weight is 444 g/mol. The molecule has 2 fully saturated rings. The fourth-order valence-corrected chi connectivity index (χ4v) is 5.93. The first-order chi connectivity index (χ1) is 16.3. The number of aromatic nitrogens is 2. The highest BCUT2D eigenvalue weighted by molar-refractivity contribution is 5.94. The second-order valence-corrected chi connectivity index (χ2v) is 9.81. The summed E-state index contributed by atoms with van der Waals surface area (Å²) in [7, 11) is 0. The number of nitrogens with zero attached hydrogens (tertiary/aromatic N) is 5. The van der Waals surface area contributed by atoms with Gasteiger partial charge < -0.3 is 9.30 Å². The van der Waals surface area contributed by atoms with Crippen LogP contribution in [0.1, 0.15) is 46.6 Å². The maximum Gasteiger partial charge on any atom is 0.274 e. The monoisotopic (exact) mass is 443 g/mol. The van der Waals surface area contributed by atoms with Crippen LogP contribution in [-0.4, -0.2) is 75.3 Å². The molecule has 33 heavy (non-hydrogen) atoms. The molecule has 4 heterocycles. The highest BCUT2D eigenvalue weighted by Crippen LogP contribution is 2.26. The molecular weight excluding hydrogens is 410 g/mol. The quantitative estimate of drug-likeness (QED) is 0.621. The van der Waals surface area contributed by atoms with Crippen molar-refractivity contribution in [1.82, 2.24) is 24.1 Å². The van der Waals surface area contributed by atoms with Crippen molar-refractivity contribution in [3.05, 3.63) is 71.2 Å². The molecule has 1 amide bonds. The van der Waals surface area contributed by atoms with Crippen LogP contribution in [0.3, 0.4) is 0 Å². The minimum atomic E-state index is 0.103. The fourth-order valence-electron chi connectivity index (χ4n) is 5.93. The molecule has 0 spiro atoms. The van der Waals surface area contributed by atoms with E-state index in [1.54, 1.807) is 0 Å². The normalized spacial score (nSPS) is 22.1. The van der Waals surface area contributed by atoms with Crippen molar-refractivity contribution in [2.24, 2.45) is 0 Å². The SMILES string of the molecule is O=C(c1nc2ccccn2c1CN1CCN([C@@H]2CCc3ccccc3C2)CC1)N1CCCC1. The highest BCUT2D eigenvalue weighted by atomic mass is 16.2. The van der Waals surface area contributed by atoms with Crippen LogP contribution in [0.5, 0.6) is 0 Å². The van der Waals surface area contributed by atoms with E-state index in [1.165, 1.54) is 30.4 Å². The molecule has 1 aromatic carbocycles. The molecule has 6 nitrogen and oxygen atoms in total. The van der Waals surface area contributed by atoms with Crippen LogP contribution in [0.2, 0.25) is 0 Å². The van der Waals surface area contributed by atoms with Crippen LogP contribution in [0, 0.1) is 0 Å².